The van der Waals surface area contributed by atoms with Gasteiger partial charge in [-0.2, -0.15) is 0 Å². The zero-order valence-corrected chi connectivity index (χ0v) is 13.5. The second-order valence-electron chi connectivity index (χ2n) is 5.50. The van der Waals surface area contributed by atoms with E-state index in [9.17, 15) is 4.79 Å². The summed E-state index contributed by atoms with van der Waals surface area (Å²) in [5, 5.41) is 2.62. The molecule has 1 fully saturated rings. The minimum Gasteiger partial charge on any atom is -0.424 e. The van der Waals surface area contributed by atoms with Gasteiger partial charge in [-0.3, -0.25) is 9.69 Å². The van der Waals surface area contributed by atoms with Crippen LogP contribution in [0.4, 0.5) is 0 Å². The van der Waals surface area contributed by atoms with Crippen molar-refractivity contribution in [2.75, 3.05) is 26.7 Å². The number of amides is 1. The van der Waals surface area contributed by atoms with Crippen LogP contribution >= 0.6 is 0 Å². The van der Waals surface area contributed by atoms with E-state index in [2.05, 4.69) is 20.2 Å². The minimum atomic E-state index is -0.426. The van der Waals surface area contributed by atoms with E-state index in [-0.39, 0.29) is 5.91 Å². The maximum Gasteiger partial charge on any atom is 0.321 e. The van der Waals surface area contributed by atoms with Crippen LogP contribution in [0, 0.1) is 0 Å². The molecule has 2 heterocycles. The van der Waals surface area contributed by atoms with E-state index < -0.39 is 6.10 Å². The number of benzene rings is 1. The average molecular weight is 328 g/mol. The Morgan fingerprint density at radius 3 is 2.79 bits per heavy atom. The summed E-state index contributed by atoms with van der Waals surface area (Å²) in [4.78, 5) is 22.3. The zero-order chi connectivity index (χ0) is 16.8. The van der Waals surface area contributed by atoms with E-state index >= 15 is 0 Å². The minimum absolute atomic E-state index is 0.0949. The third-order valence-electron chi connectivity index (χ3n) is 3.73. The molecule has 1 aliphatic heterocycles. The third kappa shape index (κ3) is 4.27. The summed E-state index contributed by atoms with van der Waals surface area (Å²) in [7, 11) is 1.62. The number of nitrogens with one attached hydrogen (secondary N) is 1. The highest BCUT2D eigenvalue weighted by Crippen LogP contribution is 2.17. The average Bonchev–Trinajstić information content (AvgIpc) is 2.64. The highest BCUT2D eigenvalue weighted by Gasteiger charge is 2.25. The second kappa shape index (κ2) is 7.85. The highest BCUT2D eigenvalue weighted by atomic mass is 16.5. The van der Waals surface area contributed by atoms with Gasteiger partial charge in [-0.25, -0.2) is 9.97 Å². The zero-order valence-electron chi connectivity index (χ0n) is 13.5. The molecule has 126 valence electrons. The largest absolute Gasteiger partial charge is 0.424 e. The third-order valence-corrected chi connectivity index (χ3v) is 3.73. The SMILES string of the molecule is CNC(=O)[C@@H]1CN(Cc2cnc(Oc3ccccc3)nc2)CCO1. The van der Waals surface area contributed by atoms with Gasteiger partial charge in [-0.05, 0) is 12.1 Å². The molecule has 0 spiro atoms. The van der Waals surface area contributed by atoms with Crippen molar-refractivity contribution >= 4 is 5.91 Å². The Morgan fingerprint density at radius 2 is 2.08 bits per heavy atom. The lowest BCUT2D eigenvalue weighted by molar-refractivity contribution is -0.138. The molecule has 0 radical (unpaired) electrons. The van der Waals surface area contributed by atoms with Crippen LogP contribution in [0.15, 0.2) is 42.7 Å². The molecule has 1 N–H and O–H groups in total. The van der Waals surface area contributed by atoms with Crippen LogP contribution in [0.5, 0.6) is 11.8 Å². The number of nitrogens with zero attached hydrogens (tertiary/aromatic N) is 3. The van der Waals surface area contributed by atoms with Crippen LogP contribution in [0.1, 0.15) is 5.56 Å². The van der Waals surface area contributed by atoms with Crippen LogP contribution in [-0.2, 0) is 16.1 Å². The van der Waals surface area contributed by atoms with Crippen molar-refractivity contribution in [3.05, 3.63) is 48.3 Å². The Balaban J connectivity index is 1.57. The molecule has 1 saturated heterocycles. The van der Waals surface area contributed by atoms with Gasteiger partial charge in [0.05, 0.1) is 6.61 Å². The predicted octanol–water partition coefficient (Wildman–Crippen LogP) is 1.22. The van der Waals surface area contributed by atoms with E-state index in [1.54, 1.807) is 19.4 Å². The van der Waals surface area contributed by atoms with Crippen LogP contribution in [0.3, 0.4) is 0 Å². The van der Waals surface area contributed by atoms with Gasteiger partial charge in [0.25, 0.3) is 0 Å². The van der Waals surface area contributed by atoms with Gasteiger partial charge < -0.3 is 14.8 Å². The lowest BCUT2D eigenvalue weighted by atomic mass is 10.2. The first kappa shape index (κ1) is 16.4. The molecule has 0 unspecified atom stereocenters. The molecule has 0 saturated carbocycles. The lowest BCUT2D eigenvalue weighted by Crippen LogP contribution is -2.48. The molecule has 1 atom stereocenters. The van der Waals surface area contributed by atoms with E-state index in [0.29, 0.717) is 31.5 Å². The Bertz CT molecular complexity index is 663. The van der Waals surface area contributed by atoms with E-state index in [1.807, 2.05) is 30.3 Å². The van der Waals surface area contributed by atoms with Gasteiger partial charge in [0, 0.05) is 44.6 Å². The standard InChI is InChI=1S/C17H20N4O3/c1-18-16(22)15-12-21(7-8-23-15)11-13-9-19-17(20-10-13)24-14-5-3-2-4-6-14/h2-6,9-10,15H,7-8,11-12H2,1H3,(H,18,22)/t15-/m0/s1. The molecule has 1 aliphatic rings. The van der Waals surface area contributed by atoms with Crippen molar-refractivity contribution in [2.24, 2.45) is 0 Å². The molecule has 7 heteroatoms. The summed E-state index contributed by atoms with van der Waals surface area (Å²) in [6.07, 6.45) is 3.07. The number of morpholine rings is 1. The molecule has 24 heavy (non-hydrogen) atoms. The number of hydrogen-bond donors (Lipinski definition) is 1. The smallest absolute Gasteiger partial charge is 0.321 e. The highest BCUT2D eigenvalue weighted by molar-refractivity contribution is 5.80. The first-order valence-corrected chi connectivity index (χ1v) is 7.84. The number of para-hydroxylation sites is 1. The molecule has 0 aliphatic carbocycles. The fourth-order valence-corrected chi connectivity index (χ4v) is 2.50. The summed E-state index contributed by atoms with van der Waals surface area (Å²) in [6.45, 7) is 2.54. The van der Waals surface area contributed by atoms with Gasteiger partial charge in [0.15, 0.2) is 0 Å². The van der Waals surface area contributed by atoms with Gasteiger partial charge >= 0.3 is 6.01 Å². The van der Waals surface area contributed by atoms with Gasteiger partial charge in [0.1, 0.15) is 11.9 Å². The summed E-state index contributed by atoms with van der Waals surface area (Å²) in [5.41, 5.74) is 0.966. The molecular weight excluding hydrogens is 308 g/mol. The first-order valence-electron chi connectivity index (χ1n) is 7.84. The summed E-state index contributed by atoms with van der Waals surface area (Å²) >= 11 is 0. The number of carbonyl (C=O) groups is 1. The Labute approximate surface area is 140 Å². The second-order valence-corrected chi connectivity index (χ2v) is 5.50. The lowest BCUT2D eigenvalue weighted by Gasteiger charge is -2.31. The number of rotatable bonds is 5. The first-order chi connectivity index (χ1) is 11.7. The van der Waals surface area contributed by atoms with Gasteiger partial charge in [-0.15, -0.1) is 0 Å². The quantitative estimate of drug-likeness (QED) is 0.889. The molecule has 0 bridgehead atoms. The van der Waals surface area contributed by atoms with E-state index in [4.69, 9.17) is 9.47 Å². The number of aromatic nitrogens is 2. The Morgan fingerprint density at radius 1 is 1.33 bits per heavy atom. The van der Waals surface area contributed by atoms with Crippen LogP contribution in [-0.4, -0.2) is 53.6 Å². The molecular formula is C17H20N4O3. The number of likely N-dealkylation sites (N-methyl/N-ethyl adjacent to an activating group) is 1. The predicted molar refractivity (Wildman–Crippen MR) is 87.6 cm³/mol. The Hall–Kier alpha value is -2.51. The molecule has 7 nitrogen and oxygen atoms in total. The molecule has 2 aromatic rings. The molecule has 1 aromatic carbocycles. The van der Waals surface area contributed by atoms with Crippen LogP contribution in [0.25, 0.3) is 0 Å². The van der Waals surface area contributed by atoms with Crippen molar-refractivity contribution in [1.29, 1.82) is 0 Å². The number of ether oxygens (including phenoxy) is 2. The van der Waals surface area contributed by atoms with Crippen LogP contribution < -0.4 is 10.1 Å². The fourth-order valence-electron chi connectivity index (χ4n) is 2.50. The number of carbonyl (C=O) groups excluding carboxylic acids is 1. The molecule has 3 rings (SSSR count). The normalized spacial score (nSPS) is 18.1. The maximum absolute atomic E-state index is 11.7. The van der Waals surface area contributed by atoms with Crippen molar-refractivity contribution in [2.45, 2.75) is 12.6 Å². The maximum atomic E-state index is 11.7. The van der Waals surface area contributed by atoms with Crippen molar-refractivity contribution in [1.82, 2.24) is 20.2 Å². The Kier molecular flexibility index (Phi) is 5.35. The van der Waals surface area contributed by atoms with Crippen molar-refractivity contribution in [3.8, 4) is 11.8 Å². The van der Waals surface area contributed by atoms with E-state index in [1.165, 1.54) is 0 Å². The molecule has 1 amide bonds. The molecule has 1 aromatic heterocycles. The summed E-state index contributed by atoms with van der Waals surface area (Å²) < 4.78 is 11.1. The summed E-state index contributed by atoms with van der Waals surface area (Å²) in [5.74, 6) is 0.606. The van der Waals surface area contributed by atoms with Crippen molar-refractivity contribution in [3.63, 3.8) is 0 Å². The van der Waals surface area contributed by atoms with Crippen LogP contribution in [0.2, 0.25) is 0 Å². The fraction of sp³-hybridized carbons (Fsp3) is 0.353. The van der Waals surface area contributed by atoms with E-state index in [0.717, 1.165) is 12.1 Å². The number of hydrogen-bond acceptors (Lipinski definition) is 6. The topological polar surface area (TPSA) is 76.6 Å². The monoisotopic (exact) mass is 328 g/mol. The van der Waals surface area contributed by atoms with Crippen molar-refractivity contribution < 1.29 is 14.3 Å². The van der Waals surface area contributed by atoms with Gasteiger partial charge in [0.2, 0.25) is 5.91 Å². The summed E-state index contributed by atoms with van der Waals surface area (Å²) in [6, 6.07) is 9.73. The van der Waals surface area contributed by atoms with Gasteiger partial charge in [-0.1, -0.05) is 18.2 Å².